The zero-order valence-electron chi connectivity index (χ0n) is 16.1. The maximum atomic E-state index is 12.1. The quantitative estimate of drug-likeness (QED) is 0.426. The van der Waals surface area contributed by atoms with Crippen molar-refractivity contribution in [1.82, 2.24) is 5.32 Å². The molecule has 2 unspecified atom stereocenters. The summed E-state index contributed by atoms with van der Waals surface area (Å²) >= 11 is -0.268. The first kappa shape index (κ1) is 20.5. The second-order valence-corrected chi connectivity index (χ2v) is 8.91. The molecule has 5 nitrogen and oxygen atoms in total. The van der Waals surface area contributed by atoms with Gasteiger partial charge in [-0.2, -0.15) is 0 Å². The molecule has 1 aromatic heterocycles. The van der Waals surface area contributed by atoms with Gasteiger partial charge in [0.05, 0.1) is 12.3 Å². The van der Waals surface area contributed by atoms with Crippen molar-refractivity contribution in [3.05, 3.63) is 82.1 Å². The molecular weight excluding hydrogens is 418 g/mol. The fourth-order valence-corrected chi connectivity index (χ4v) is 4.52. The molecule has 7 heteroatoms. The molecule has 0 bridgehead atoms. The standard InChI is InChI=1S/C23H21NO4S2/c25-22(11-10-20-4-2-12-29-20)24-14-19-13-18-3-1-5-21(23(18)28-19)17-8-6-16(7-9-17)15-30(26)27/h1-12,19H,13-15H2,(H,24,25)(H,26,27)/b11-10+. The van der Waals surface area contributed by atoms with Crippen LogP contribution in [0.5, 0.6) is 5.75 Å². The SMILES string of the molecule is O=C(/C=C/c1cccs1)NCC1Cc2cccc(-c3ccc(CS(=O)O)cc3)c2O1. The van der Waals surface area contributed by atoms with Crippen LogP contribution in [-0.2, 0) is 28.0 Å². The van der Waals surface area contributed by atoms with E-state index in [1.54, 1.807) is 23.5 Å². The summed E-state index contributed by atoms with van der Waals surface area (Å²) in [7, 11) is 0. The van der Waals surface area contributed by atoms with E-state index in [9.17, 15) is 9.00 Å². The number of hydrogen-bond donors (Lipinski definition) is 2. The van der Waals surface area contributed by atoms with Crippen LogP contribution in [0.3, 0.4) is 0 Å². The third-order valence-electron chi connectivity index (χ3n) is 4.83. The number of amides is 1. The summed E-state index contributed by atoms with van der Waals surface area (Å²) in [5.41, 5.74) is 3.89. The topological polar surface area (TPSA) is 75.6 Å². The summed E-state index contributed by atoms with van der Waals surface area (Å²) < 4.78 is 26.2. The molecule has 154 valence electrons. The van der Waals surface area contributed by atoms with Crippen molar-refractivity contribution in [1.29, 1.82) is 0 Å². The molecule has 2 atom stereocenters. The lowest BCUT2D eigenvalue weighted by Crippen LogP contribution is -2.33. The Balaban J connectivity index is 1.39. The van der Waals surface area contributed by atoms with E-state index in [1.165, 1.54) is 0 Å². The van der Waals surface area contributed by atoms with Crippen LogP contribution in [0.2, 0.25) is 0 Å². The van der Waals surface area contributed by atoms with Crippen molar-refractivity contribution in [2.75, 3.05) is 6.54 Å². The molecule has 1 amide bonds. The van der Waals surface area contributed by atoms with Crippen molar-refractivity contribution in [2.45, 2.75) is 18.3 Å². The molecule has 0 fully saturated rings. The summed E-state index contributed by atoms with van der Waals surface area (Å²) in [6.45, 7) is 0.434. The molecule has 2 aromatic carbocycles. The lowest BCUT2D eigenvalue weighted by molar-refractivity contribution is -0.116. The highest BCUT2D eigenvalue weighted by Gasteiger charge is 2.25. The molecule has 0 saturated heterocycles. The Morgan fingerprint density at radius 2 is 2.03 bits per heavy atom. The smallest absolute Gasteiger partial charge is 0.244 e. The Morgan fingerprint density at radius 1 is 1.20 bits per heavy atom. The van der Waals surface area contributed by atoms with Crippen LogP contribution in [0.4, 0.5) is 0 Å². The van der Waals surface area contributed by atoms with Gasteiger partial charge in [0.1, 0.15) is 11.9 Å². The van der Waals surface area contributed by atoms with Crippen LogP contribution >= 0.6 is 11.3 Å². The zero-order chi connectivity index (χ0) is 20.9. The lowest BCUT2D eigenvalue weighted by Gasteiger charge is -2.13. The van der Waals surface area contributed by atoms with Crippen LogP contribution in [0.25, 0.3) is 17.2 Å². The third-order valence-corrected chi connectivity index (χ3v) is 6.25. The minimum absolute atomic E-state index is 0.115. The van der Waals surface area contributed by atoms with Gasteiger partial charge in [0, 0.05) is 22.9 Å². The number of para-hydroxylation sites is 1. The van der Waals surface area contributed by atoms with Crippen molar-refractivity contribution in [3.63, 3.8) is 0 Å². The van der Waals surface area contributed by atoms with Crippen molar-refractivity contribution >= 4 is 34.4 Å². The third kappa shape index (κ3) is 5.05. The van der Waals surface area contributed by atoms with Gasteiger partial charge >= 0.3 is 0 Å². The molecule has 0 radical (unpaired) electrons. The van der Waals surface area contributed by atoms with E-state index in [1.807, 2.05) is 60.0 Å². The summed E-state index contributed by atoms with van der Waals surface area (Å²) in [6.07, 6.45) is 3.97. The van der Waals surface area contributed by atoms with E-state index in [0.717, 1.165) is 39.3 Å². The average Bonchev–Trinajstić information content (AvgIpc) is 3.40. The van der Waals surface area contributed by atoms with Gasteiger partial charge in [-0.05, 0) is 34.2 Å². The van der Waals surface area contributed by atoms with Gasteiger partial charge in [0.25, 0.3) is 0 Å². The van der Waals surface area contributed by atoms with Crippen LogP contribution in [0.1, 0.15) is 16.0 Å². The van der Waals surface area contributed by atoms with E-state index in [-0.39, 0.29) is 17.8 Å². The number of benzene rings is 2. The van der Waals surface area contributed by atoms with Gasteiger partial charge in [-0.25, -0.2) is 4.21 Å². The highest BCUT2D eigenvalue weighted by atomic mass is 32.2. The second-order valence-electron chi connectivity index (χ2n) is 6.99. The van der Waals surface area contributed by atoms with Crippen LogP contribution in [0, 0.1) is 0 Å². The summed E-state index contributed by atoms with van der Waals surface area (Å²) in [4.78, 5) is 13.1. The largest absolute Gasteiger partial charge is 0.487 e. The molecule has 0 saturated carbocycles. The van der Waals surface area contributed by atoms with E-state index in [0.29, 0.717) is 6.54 Å². The minimum atomic E-state index is -1.85. The Bertz CT molecular complexity index is 1080. The number of rotatable bonds is 7. The second kappa shape index (κ2) is 9.38. The van der Waals surface area contributed by atoms with Crippen LogP contribution in [-0.4, -0.2) is 27.3 Å². The molecule has 1 aliphatic heterocycles. The molecule has 30 heavy (non-hydrogen) atoms. The molecule has 4 rings (SSSR count). The Kier molecular flexibility index (Phi) is 6.42. The predicted octanol–water partition coefficient (Wildman–Crippen LogP) is 4.27. The van der Waals surface area contributed by atoms with Gasteiger partial charge in [-0.3, -0.25) is 4.79 Å². The molecule has 2 N–H and O–H groups in total. The van der Waals surface area contributed by atoms with Crippen LogP contribution < -0.4 is 10.1 Å². The monoisotopic (exact) mass is 439 g/mol. The maximum absolute atomic E-state index is 12.1. The number of ether oxygens (including phenoxy) is 1. The first-order chi connectivity index (χ1) is 14.6. The molecule has 1 aliphatic rings. The normalized spacial score (nSPS) is 16.2. The zero-order valence-corrected chi connectivity index (χ0v) is 17.7. The van der Waals surface area contributed by atoms with Gasteiger partial charge in [-0.1, -0.05) is 48.5 Å². The summed E-state index contributed by atoms with van der Waals surface area (Å²) in [5, 5.41) is 4.88. The molecule has 0 spiro atoms. The minimum Gasteiger partial charge on any atom is -0.487 e. The lowest BCUT2D eigenvalue weighted by atomic mass is 10.00. The van der Waals surface area contributed by atoms with E-state index in [4.69, 9.17) is 9.29 Å². The molecular formula is C23H21NO4S2. The Labute approximate surface area is 181 Å². The molecule has 0 aliphatic carbocycles. The predicted molar refractivity (Wildman–Crippen MR) is 121 cm³/mol. The summed E-state index contributed by atoms with van der Waals surface area (Å²) in [6, 6.07) is 17.5. The van der Waals surface area contributed by atoms with Crippen molar-refractivity contribution < 1.29 is 18.3 Å². The first-order valence-corrected chi connectivity index (χ1v) is 11.7. The first-order valence-electron chi connectivity index (χ1n) is 9.53. The van der Waals surface area contributed by atoms with Crippen molar-refractivity contribution in [2.24, 2.45) is 0 Å². The number of carbonyl (C=O) groups is 1. The Morgan fingerprint density at radius 3 is 2.77 bits per heavy atom. The number of nitrogens with one attached hydrogen (secondary N) is 1. The number of fused-ring (bicyclic) bond motifs is 1. The van der Waals surface area contributed by atoms with E-state index >= 15 is 0 Å². The number of hydrogen-bond acceptors (Lipinski definition) is 4. The fourth-order valence-electron chi connectivity index (χ4n) is 3.42. The highest BCUT2D eigenvalue weighted by Crippen LogP contribution is 2.38. The molecule has 3 aromatic rings. The van der Waals surface area contributed by atoms with E-state index < -0.39 is 11.1 Å². The van der Waals surface area contributed by atoms with Gasteiger partial charge in [0.2, 0.25) is 5.91 Å². The van der Waals surface area contributed by atoms with E-state index in [2.05, 4.69) is 5.32 Å². The van der Waals surface area contributed by atoms with Gasteiger partial charge < -0.3 is 14.6 Å². The van der Waals surface area contributed by atoms with Gasteiger partial charge in [0.15, 0.2) is 11.1 Å². The Hall–Kier alpha value is -2.74. The number of carbonyl (C=O) groups excluding carboxylic acids is 1. The average molecular weight is 440 g/mol. The van der Waals surface area contributed by atoms with Crippen LogP contribution in [0.15, 0.2) is 66.1 Å². The fraction of sp³-hybridized carbons (Fsp3) is 0.174. The highest BCUT2D eigenvalue weighted by molar-refractivity contribution is 7.78. The maximum Gasteiger partial charge on any atom is 0.244 e. The summed E-state index contributed by atoms with van der Waals surface area (Å²) in [5.74, 6) is 0.816. The molecule has 2 heterocycles. The van der Waals surface area contributed by atoms with Gasteiger partial charge in [-0.15, -0.1) is 11.3 Å². The van der Waals surface area contributed by atoms with Crippen molar-refractivity contribution in [3.8, 4) is 16.9 Å². The number of thiophene rings is 1.